The minimum atomic E-state index is -0.787. The molecule has 0 saturated heterocycles. The van der Waals surface area contributed by atoms with Crippen molar-refractivity contribution >= 4 is 33.2 Å². The van der Waals surface area contributed by atoms with Gasteiger partial charge in [-0.2, -0.15) is 0 Å². The standard InChI is InChI=1S/C6H6BrNO2S/c7-6-4(8-3-11-6)1-2-5(9)10/h3H,1-2H2,(H,9,10). The summed E-state index contributed by atoms with van der Waals surface area (Å²) in [6, 6.07) is 0. The number of rotatable bonds is 3. The first-order chi connectivity index (χ1) is 5.20. The summed E-state index contributed by atoms with van der Waals surface area (Å²) in [5, 5.41) is 8.36. The topological polar surface area (TPSA) is 50.2 Å². The second-order valence-electron chi connectivity index (χ2n) is 1.97. The average Bonchev–Trinajstić information content (AvgIpc) is 2.31. The number of hydrogen-bond acceptors (Lipinski definition) is 3. The number of carboxylic acids is 1. The fourth-order valence-corrected chi connectivity index (χ4v) is 1.76. The van der Waals surface area contributed by atoms with Crippen LogP contribution < -0.4 is 0 Å². The third-order valence-electron chi connectivity index (χ3n) is 1.17. The summed E-state index contributed by atoms with van der Waals surface area (Å²) in [6.45, 7) is 0. The molecule has 0 radical (unpaired) electrons. The molecular weight excluding hydrogens is 230 g/mol. The fraction of sp³-hybridized carbons (Fsp3) is 0.333. The largest absolute Gasteiger partial charge is 0.481 e. The molecule has 60 valence electrons. The van der Waals surface area contributed by atoms with Gasteiger partial charge in [-0.3, -0.25) is 4.79 Å². The molecule has 3 nitrogen and oxygen atoms in total. The minimum Gasteiger partial charge on any atom is -0.481 e. The second kappa shape index (κ2) is 3.82. The SMILES string of the molecule is O=C(O)CCc1ncsc1Br. The Balaban J connectivity index is 2.51. The summed E-state index contributed by atoms with van der Waals surface area (Å²) in [6.07, 6.45) is 0.641. The zero-order chi connectivity index (χ0) is 8.27. The summed E-state index contributed by atoms with van der Waals surface area (Å²) in [4.78, 5) is 14.2. The Hall–Kier alpha value is -0.420. The van der Waals surface area contributed by atoms with E-state index in [4.69, 9.17) is 5.11 Å². The molecular formula is C6H6BrNO2S. The molecule has 0 aromatic carbocycles. The molecule has 1 N–H and O–H groups in total. The maximum atomic E-state index is 10.2. The third kappa shape index (κ3) is 2.59. The molecule has 0 spiro atoms. The predicted octanol–water partition coefficient (Wildman–Crippen LogP) is 1.92. The van der Waals surface area contributed by atoms with Gasteiger partial charge in [-0.1, -0.05) is 0 Å². The number of aliphatic carboxylic acids is 1. The normalized spacial score (nSPS) is 9.91. The van der Waals surface area contributed by atoms with Gasteiger partial charge in [-0.25, -0.2) is 4.98 Å². The Kier molecular flexibility index (Phi) is 3.02. The van der Waals surface area contributed by atoms with Crippen molar-refractivity contribution in [3.05, 3.63) is 15.0 Å². The van der Waals surface area contributed by atoms with Gasteiger partial charge in [-0.05, 0) is 15.9 Å². The summed E-state index contributed by atoms with van der Waals surface area (Å²) in [5.74, 6) is -0.787. The first-order valence-corrected chi connectivity index (χ1v) is 4.67. The highest BCUT2D eigenvalue weighted by atomic mass is 79.9. The number of hydrogen-bond donors (Lipinski definition) is 1. The van der Waals surface area contributed by atoms with E-state index in [0.717, 1.165) is 9.48 Å². The van der Waals surface area contributed by atoms with Gasteiger partial charge in [0.2, 0.25) is 0 Å². The molecule has 1 aromatic heterocycles. The monoisotopic (exact) mass is 235 g/mol. The number of aryl methyl sites for hydroxylation is 1. The number of halogens is 1. The Morgan fingerprint density at radius 2 is 2.55 bits per heavy atom. The maximum absolute atomic E-state index is 10.2. The van der Waals surface area contributed by atoms with Crippen molar-refractivity contribution in [1.82, 2.24) is 4.98 Å². The number of nitrogens with zero attached hydrogens (tertiary/aromatic N) is 1. The average molecular weight is 236 g/mol. The zero-order valence-electron chi connectivity index (χ0n) is 5.58. The summed E-state index contributed by atoms with van der Waals surface area (Å²) in [5.41, 5.74) is 2.53. The third-order valence-corrected chi connectivity index (χ3v) is 2.84. The van der Waals surface area contributed by atoms with Crippen LogP contribution in [0.15, 0.2) is 9.30 Å². The molecule has 0 saturated carbocycles. The molecule has 0 bridgehead atoms. The molecule has 0 aliphatic rings. The van der Waals surface area contributed by atoms with Gasteiger partial charge in [0.05, 0.1) is 21.4 Å². The van der Waals surface area contributed by atoms with Gasteiger partial charge in [0.15, 0.2) is 0 Å². The van der Waals surface area contributed by atoms with Gasteiger partial charge in [0.25, 0.3) is 0 Å². The van der Waals surface area contributed by atoms with Crippen molar-refractivity contribution in [2.75, 3.05) is 0 Å². The van der Waals surface area contributed by atoms with Crippen molar-refractivity contribution in [2.24, 2.45) is 0 Å². The molecule has 0 aliphatic carbocycles. The van der Waals surface area contributed by atoms with Gasteiger partial charge < -0.3 is 5.11 Å². The fourth-order valence-electron chi connectivity index (χ4n) is 0.643. The Morgan fingerprint density at radius 3 is 3.00 bits per heavy atom. The second-order valence-corrected chi connectivity index (χ2v) is 4.14. The van der Waals surface area contributed by atoms with Crippen LogP contribution in [0, 0.1) is 0 Å². The zero-order valence-corrected chi connectivity index (χ0v) is 7.98. The lowest BCUT2D eigenvalue weighted by molar-refractivity contribution is -0.136. The van der Waals surface area contributed by atoms with Crippen molar-refractivity contribution in [3.8, 4) is 0 Å². The van der Waals surface area contributed by atoms with E-state index in [1.807, 2.05) is 0 Å². The van der Waals surface area contributed by atoms with Crippen molar-refractivity contribution in [2.45, 2.75) is 12.8 Å². The van der Waals surface area contributed by atoms with Crippen molar-refractivity contribution < 1.29 is 9.90 Å². The van der Waals surface area contributed by atoms with E-state index in [0.29, 0.717) is 6.42 Å². The van der Waals surface area contributed by atoms with Gasteiger partial charge in [-0.15, -0.1) is 11.3 Å². The van der Waals surface area contributed by atoms with Crippen LogP contribution in [-0.2, 0) is 11.2 Å². The first-order valence-electron chi connectivity index (χ1n) is 3.00. The minimum absolute atomic E-state index is 0.141. The van der Waals surface area contributed by atoms with E-state index in [1.165, 1.54) is 11.3 Å². The Morgan fingerprint density at radius 1 is 1.82 bits per heavy atom. The highest BCUT2D eigenvalue weighted by Crippen LogP contribution is 2.21. The molecule has 0 unspecified atom stereocenters. The van der Waals surface area contributed by atoms with E-state index < -0.39 is 5.97 Å². The molecule has 0 atom stereocenters. The Bertz CT molecular complexity index is 261. The van der Waals surface area contributed by atoms with E-state index in [9.17, 15) is 4.79 Å². The predicted molar refractivity (Wildman–Crippen MR) is 45.8 cm³/mol. The van der Waals surface area contributed by atoms with Crippen LogP contribution in [0.2, 0.25) is 0 Å². The first kappa shape index (κ1) is 8.67. The molecule has 0 aliphatic heterocycles. The van der Waals surface area contributed by atoms with Crippen LogP contribution >= 0.6 is 27.3 Å². The molecule has 0 fully saturated rings. The highest BCUT2D eigenvalue weighted by molar-refractivity contribution is 9.11. The van der Waals surface area contributed by atoms with Gasteiger partial charge in [0, 0.05) is 6.42 Å². The van der Waals surface area contributed by atoms with E-state index in [1.54, 1.807) is 5.51 Å². The smallest absolute Gasteiger partial charge is 0.303 e. The van der Waals surface area contributed by atoms with Crippen molar-refractivity contribution in [3.63, 3.8) is 0 Å². The van der Waals surface area contributed by atoms with Crippen LogP contribution in [-0.4, -0.2) is 16.1 Å². The lowest BCUT2D eigenvalue weighted by atomic mass is 10.3. The molecule has 1 aromatic rings. The molecule has 0 amide bonds. The summed E-state index contributed by atoms with van der Waals surface area (Å²) in [7, 11) is 0. The molecule has 1 heterocycles. The maximum Gasteiger partial charge on any atom is 0.303 e. The summed E-state index contributed by atoms with van der Waals surface area (Å²) >= 11 is 4.75. The molecule has 5 heteroatoms. The molecule has 1 rings (SSSR count). The highest BCUT2D eigenvalue weighted by Gasteiger charge is 2.04. The van der Waals surface area contributed by atoms with E-state index >= 15 is 0 Å². The van der Waals surface area contributed by atoms with Crippen LogP contribution in [0.4, 0.5) is 0 Å². The van der Waals surface area contributed by atoms with Crippen LogP contribution in [0.5, 0.6) is 0 Å². The number of thiazole rings is 1. The Labute approximate surface area is 76.2 Å². The van der Waals surface area contributed by atoms with Crippen molar-refractivity contribution in [1.29, 1.82) is 0 Å². The quantitative estimate of drug-likeness (QED) is 0.872. The van der Waals surface area contributed by atoms with Crippen LogP contribution in [0.1, 0.15) is 12.1 Å². The summed E-state index contributed by atoms with van der Waals surface area (Å²) < 4.78 is 0.929. The lowest BCUT2D eigenvalue weighted by Crippen LogP contribution is -1.97. The van der Waals surface area contributed by atoms with E-state index in [-0.39, 0.29) is 6.42 Å². The van der Waals surface area contributed by atoms with E-state index in [2.05, 4.69) is 20.9 Å². The van der Waals surface area contributed by atoms with Crippen LogP contribution in [0.25, 0.3) is 0 Å². The number of aromatic nitrogens is 1. The number of carbonyl (C=O) groups is 1. The van der Waals surface area contributed by atoms with Gasteiger partial charge >= 0.3 is 5.97 Å². The van der Waals surface area contributed by atoms with Crippen LogP contribution in [0.3, 0.4) is 0 Å². The molecule has 11 heavy (non-hydrogen) atoms. The van der Waals surface area contributed by atoms with Gasteiger partial charge in [0.1, 0.15) is 0 Å². The lowest BCUT2D eigenvalue weighted by Gasteiger charge is -1.91. The number of carboxylic acid groups (broad SMARTS) is 1.